The smallest absolute Gasteiger partial charge is 0.321 e. The number of benzene rings is 2. The van der Waals surface area contributed by atoms with Crippen molar-refractivity contribution in [3.8, 4) is 0 Å². The largest absolute Gasteiger partial charge is 0.372 e. The lowest BCUT2D eigenvalue weighted by Crippen LogP contribution is -2.53. The second kappa shape index (κ2) is 12.3. The molecule has 1 N–H and O–H groups in total. The molecular formula is C31H43N5O2. The van der Waals surface area contributed by atoms with Gasteiger partial charge in [0.05, 0.1) is 12.7 Å². The van der Waals surface area contributed by atoms with Gasteiger partial charge in [-0.15, -0.1) is 0 Å². The van der Waals surface area contributed by atoms with E-state index in [1.54, 1.807) is 0 Å². The number of nitrogens with zero attached hydrogens (tertiary/aromatic N) is 4. The molecule has 0 spiro atoms. The van der Waals surface area contributed by atoms with Crippen LogP contribution in [0.2, 0.25) is 0 Å². The highest BCUT2D eigenvalue weighted by atomic mass is 16.5. The molecule has 2 fully saturated rings. The Kier molecular flexibility index (Phi) is 8.67. The van der Waals surface area contributed by atoms with E-state index in [1.165, 1.54) is 16.8 Å². The maximum absolute atomic E-state index is 12.9. The highest BCUT2D eigenvalue weighted by molar-refractivity contribution is 5.89. The van der Waals surface area contributed by atoms with Crippen LogP contribution in [0, 0.1) is 13.8 Å². The van der Waals surface area contributed by atoms with Crippen LogP contribution in [-0.2, 0) is 11.3 Å². The van der Waals surface area contributed by atoms with E-state index in [0.717, 1.165) is 76.5 Å². The lowest BCUT2D eigenvalue weighted by atomic mass is 9.96. The van der Waals surface area contributed by atoms with Gasteiger partial charge in [-0.2, -0.15) is 0 Å². The highest BCUT2D eigenvalue weighted by Crippen LogP contribution is 2.25. The fourth-order valence-corrected chi connectivity index (χ4v) is 5.81. The van der Waals surface area contributed by atoms with Crippen molar-refractivity contribution in [3.63, 3.8) is 0 Å². The summed E-state index contributed by atoms with van der Waals surface area (Å²) in [6.45, 7) is 12.5. The van der Waals surface area contributed by atoms with Gasteiger partial charge >= 0.3 is 6.03 Å². The van der Waals surface area contributed by atoms with Gasteiger partial charge in [0.2, 0.25) is 0 Å². The van der Waals surface area contributed by atoms with Crippen molar-refractivity contribution in [2.24, 2.45) is 0 Å². The summed E-state index contributed by atoms with van der Waals surface area (Å²) in [6, 6.07) is 15.0. The summed E-state index contributed by atoms with van der Waals surface area (Å²) in [4.78, 5) is 22.2. The van der Waals surface area contributed by atoms with E-state index in [0.29, 0.717) is 12.6 Å². The fourth-order valence-electron chi connectivity index (χ4n) is 5.81. The number of carbonyl (C=O) groups excluding carboxylic acids is 1. The second-order valence-corrected chi connectivity index (χ2v) is 11.0. The minimum Gasteiger partial charge on any atom is -0.372 e. The van der Waals surface area contributed by atoms with Gasteiger partial charge in [-0.25, -0.2) is 4.79 Å². The molecule has 2 atom stereocenters. The standard InChI is InChI=1S/C31H43N5O2/c1-24-7-6-9-28(25(24)2)34-19-21-36(22-20-34)31(37)32-27-13-11-26(12-14-27)23-38-30-10-5-4-8-29(30)35-17-15-33(3)16-18-35/h4-7,9,11-14,29-30H,8,10,15-23H2,1-3H3,(H,32,37). The molecule has 7 nitrogen and oxygen atoms in total. The predicted molar refractivity (Wildman–Crippen MR) is 155 cm³/mol. The molecule has 0 saturated carbocycles. The van der Waals surface area contributed by atoms with Crippen LogP contribution < -0.4 is 10.2 Å². The number of amides is 2. The van der Waals surface area contributed by atoms with Crippen LogP contribution in [0.5, 0.6) is 0 Å². The molecule has 2 saturated heterocycles. The summed E-state index contributed by atoms with van der Waals surface area (Å²) in [5.74, 6) is 0. The highest BCUT2D eigenvalue weighted by Gasteiger charge is 2.30. The van der Waals surface area contributed by atoms with Crippen LogP contribution in [0.3, 0.4) is 0 Å². The summed E-state index contributed by atoms with van der Waals surface area (Å²) in [5, 5.41) is 3.08. The number of hydrogen-bond acceptors (Lipinski definition) is 5. The van der Waals surface area contributed by atoms with Gasteiger partial charge in [0.1, 0.15) is 0 Å². The topological polar surface area (TPSA) is 51.3 Å². The van der Waals surface area contributed by atoms with Crippen LogP contribution in [0.1, 0.15) is 29.5 Å². The minimum atomic E-state index is -0.0291. The molecule has 38 heavy (non-hydrogen) atoms. The van der Waals surface area contributed by atoms with Gasteiger partial charge in [0.15, 0.2) is 0 Å². The quantitative estimate of drug-likeness (QED) is 0.572. The van der Waals surface area contributed by atoms with Gasteiger partial charge in [0, 0.05) is 69.8 Å². The van der Waals surface area contributed by atoms with Crippen molar-refractivity contribution in [2.75, 3.05) is 69.6 Å². The molecule has 0 bridgehead atoms. The predicted octanol–water partition coefficient (Wildman–Crippen LogP) is 4.51. The molecule has 2 unspecified atom stereocenters. The summed E-state index contributed by atoms with van der Waals surface area (Å²) in [7, 11) is 2.20. The van der Waals surface area contributed by atoms with Gasteiger partial charge in [0.25, 0.3) is 0 Å². The zero-order chi connectivity index (χ0) is 26.5. The van der Waals surface area contributed by atoms with Crippen molar-refractivity contribution >= 4 is 17.4 Å². The van der Waals surface area contributed by atoms with Crippen molar-refractivity contribution in [2.45, 2.75) is 45.4 Å². The number of nitrogens with one attached hydrogen (secondary N) is 1. The van der Waals surface area contributed by atoms with Crippen LogP contribution in [0.25, 0.3) is 0 Å². The number of anilines is 2. The van der Waals surface area contributed by atoms with E-state index in [1.807, 2.05) is 17.0 Å². The lowest BCUT2D eigenvalue weighted by molar-refractivity contribution is -0.0351. The number of hydrogen-bond donors (Lipinski definition) is 1. The van der Waals surface area contributed by atoms with Crippen molar-refractivity contribution in [1.82, 2.24) is 14.7 Å². The normalized spacial score (nSPS) is 23.0. The van der Waals surface area contributed by atoms with Crippen LogP contribution in [-0.4, -0.2) is 92.3 Å². The monoisotopic (exact) mass is 517 g/mol. The SMILES string of the molecule is Cc1cccc(N2CCN(C(=O)Nc3ccc(COC4CC=CCC4N4CCN(C)CC4)cc3)CC2)c1C. The van der Waals surface area contributed by atoms with Crippen LogP contribution >= 0.6 is 0 Å². The first-order chi connectivity index (χ1) is 18.5. The molecule has 2 aromatic carbocycles. The Morgan fingerprint density at radius 2 is 1.61 bits per heavy atom. The van der Waals surface area contributed by atoms with Crippen molar-refractivity contribution in [1.29, 1.82) is 0 Å². The van der Waals surface area contributed by atoms with Crippen LogP contribution in [0.15, 0.2) is 54.6 Å². The number of piperazine rings is 2. The van der Waals surface area contributed by atoms with Crippen molar-refractivity contribution in [3.05, 3.63) is 71.3 Å². The molecule has 0 aromatic heterocycles. The van der Waals surface area contributed by atoms with Gasteiger partial charge in [-0.3, -0.25) is 4.90 Å². The number of ether oxygens (including phenoxy) is 1. The lowest BCUT2D eigenvalue weighted by Gasteiger charge is -2.42. The third kappa shape index (κ3) is 6.40. The Morgan fingerprint density at radius 3 is 2.34 bits per heavy atom. The number of carbonyl (C=O) groups is 1. The van der Waals surface area contributed by atoms with E-state index >= 15 is 0 Å². The van der Waals surface area contributed by atoms with E-state index in [4.69, 9.17) is 4.74 Å². The summed E-state index contributed by atoms with van der Waals surface area (Å²) in [6.07, 6.45) is 6.84. The van der Waals surface area contributed by atoms with Gasteiger partial charge < -0.3 is 24.8 Å². The first-order valence-electron chi connectivity index (χ1n) is 14.1. The zero-order valence-corrected chi connectivity index (χ0v) is 23.2. The van der Waals surface area contributed by atoms with Gasteiger partial charge in [-0.1, -0.05) is 36.4 Å². The third-order valence-corrected chi connectivity index (χ3v) is 8.50. The van der Waals surface area contributed by atoms with E-state index < -0.39 is 0 Å². The average molecular weight is 518 g/mol. The Balaban J connectivity index is 1.09. The Labute approximate surface area is 228 Å². The molecule has 3 aliphatic rings. The average Bonchev–Trinajstić information content (AvgIpc) is 2.95. The molecule has 1 aliphatic carbocycles. The fraction of sp³-hybridized carbons (Fsp3) is 0.516. The Hall–Kier alpha value is -2.87. The number of likely N-dealkylation sites (N-methyl/N-ethyl adjacent to an activating group) is 1. The number of urea groups is 1. The molecule has 2 aromatic rings. The minimum absolute atomic E-state index is 0.0291. The first-order valence-corrected chi connectivity index (χ1v) is 14.1. The van der Waals surface area contributed by atoms with E-state index in [2.05, 4.69) is 83.4 Å². The van der Waals surface area contributed by atoms with Crippen molar-refractivity contribution < 1.29 is 9.53 Å². The van der Waals surface area contributed by atoms with E-state index in [-0.39, 0.29) is 12.1 Å². The molecule has 5 rings (SSSR count). The molecule has 204 valence electrons. The first kappa shape index (κ1) is 26.7. The summed E-state index contributed by atoms with van der Waals surface area (Å²) in [5.41, 5.74) is 5.87. The Bertz CT molecular complexity index is 1100. The second-order valence-electron chi connectivity index (χ2n) is 11.0. The molecule has 2 heterocycles. The number of aryl methyl sites for hydroxylation is 1. The summed E-state index contributed by atoms with van der Waals surface area (Å²) >= 11 is 0. The maximum Gasteiger partial charge on any atom is 0.321 e. The third-order valence-electron chi connectivity index (χ3n) is 8.50. The van der Waals surface area contributed by atoms with Gasteiger partial charge in [-0.05, 0) is 68.6 Å². The number of rotatable bonds is 6. The molecular weight excluding hydrogens is 474 g/mol. The molecule has 7 heteroatoms. The van der Waals surface area contributed by atoms with Crippen LogP contribution in [0.4, 0.5) is 16.2 Å². The Morgan fingerprint density at radius 1 is 0.895 bits per heavy atom. The maximum atomic E-state index is 12.9. The molecule has 0 radical (unpaired) electrons. The zero-order valence-electron chi connectivity index (χ0n) is 23.2. The molecule has 2 amide bonds. The van der Waals surface area contributed by atoms with E-state index in [9.17, 15) is 4.79 Å². The summed E-state index contributed by atoms with van der Waals surface area (Å²) < 4.78 is 6.43. The molecule has 2 aliphatic heterocycles.